The molecule has 6 heteroatoms. The van der Waals surface area contributed by atoms with Crippen molar-refractivity contribution < 1.29 is 4.74 Å². The van der Waals surface area contributed by atoms with Crippen LogP contribution in [0.4, 0.5) is 0 Å². The summed E-state index contributed by atoms with van der Waals surface area (Å²) in [5.74, 6) is 0.847. The number of aromatic nitrogens is 1. The van der Waals surface area contributed by atoms with Gasteiger partial charge < -0.3 is 15.4 Å². The number of hydrogen-bond acceptors (Lipinski definition) is 4. The van der Waals surface area contributed by atoms with E-state index in [1.54, 1.807) is 18.4 Å². The zero-order valence-electron chi connectivity index (χ0n) is 11.8. The van der Waals surface area contributed by atoms with Gasteiger partial charge in [-0.05, 0) is 6.92 Å². The first-order valence-electron chi connectivity index (χ1n) is 6.55. The summed E-state index contributed by atoms with van der Waals surface area (Å²) in [7, 11) is 1.79. The summed E-state index contributed by atoms with van der Waals surface area (Å²) in [6.45, 7) is 7.64. The molecular formula is C13H22N4OS. The number of thiazole rings is 1. The first-order valence-corrected chi connectivity index (χ1v) is 7.42. The van der Waals surface area contributed by atoms with Gasteiger partial charge in [0, 0.05) is 37.4 Å². The number of nitrogens with zero attached hydrogens (tertiary/aromatic N) is 2. The fourth-order valence-corrected chi connectivity index (χ4v) is 2.55. The van der Waals surface area contributed by atoms with Crippen LogP contribution >= 0.6 is 11.3 Å². The standard InChI is InChI=1S/C13H22N4OS/c1-10-17-11(6-19-10)4-5-15-12(14-3)16-7-13(2)8-18-9-13/h6H,4-5,7-9H2,1-3H3,(H2,14,15,16). The van der Waals surface area contributed by atoms with E-state index in [-0.39, 0.29) is 5.41 Å². The Morgan fingerprint density at radius 3 is 2.84 bits per heavy atom. The first-order chi connectivity index (χ1) is 9.11. The molecule has 19 heavy (non-hydrogen) atoms. The van der Waals surface area contributed by atoms with Crippen LogP contribution in [-0.4, -0.2) is 44.3 Å². The summed E-state index contributed by atoms with van der Waals surface area (Å²) in [5, 5.41) is 9.89. The molecule has 0 amide bonds. The molecule has 2 N–H and O–H groups in total. The van der Waals surface area contributed by atoms with Gasteiger partial charge in [-0.25, -0.2) is 4.98 Å². The van der Waals surface area contributed by atoms with Crippen molar-refractivity contribution in [2.45, 2.75) is 20.3 Å². The lowest BCUT2D eigenvalue weighted by atomic mass is 9.89. The number of aliphatic imine (C=N–C) groups is 1. The zero-order chi connectivity index (χ0) is 13.7. The van der Waals surface area contributed by atoms with Gasteiger partial charge in [0.05, 0.1) is 23.9 Å². The Hall–Kier alpha value is -1.14. The summed E-state index contributed by atoms with van der Waals surface area (Å²) >= 11 is 1.69. The molecule has 1 aromatic rings. The minimum Gasteiger partial charge on any atom is -0.380 e. The number of hydrogen-bond donors (Lipinski definition) is 2. The highest BCUT2D eigenvalue weighted by atomic mass is 32.1. The normalized spacial score (nSPS) is 17.9. The van der Waals surface area contributed by atoms with E-state index in [1.807, 2.05) is 6.92 Å². The van der Waals surface area contributed by atoms with Gasteiger partial charge >= 0.3 is 0 Å². The number of nitrogens with one attached hydrogen (secondary N) is 2. The van der Waals surface area contributed by atoms with Gasteiger partial charge in [0.2, 0.25) is 0 Å². The third-order valence-corrected chi connectivity index (χ3v) is 3.97. The first kappa shape index (κ1) is 14.3. The molecule has 0 aromatic carbocycles. The van der Waals surface area contributed by atoms with Gasteiger partial charge in [0.1, 0.15) is 0 Å². The maximum atomic E-state index is 5.24. The highest BCUT2D eigenvalue weighted by molar-refractivity contribution is 7.09. The topological polar surface area (TPSA) is 58.5 Å². The third-order valence-electron chi connectivity index (χ3n) is 3.15. The van der Waals surface area contributed by atoms with E-state index >= 15 is 0 Å². The van der Waals surface area contributed by atoms with Crippen molar-refractivity contribution in [3.8, 4) is 0 Å². The largest absolute Gasteiger partial charge is 0.380 e. The molecule has 0 unspecified atom stereocenters. The monoisotopic (exact) mass is 282 g/mol. The van der Waals surface area contributed by atoms with Crippen molar-refractivity contribution in [1.82, 2.24) is 15.6 Å². The molecule has 0 atom stereocenters. The molecule has 0 aliphatic carbocycles. The fraction of sp³-hybridized carbons (Fsp3) is 0.692. The van der Waals surface area contributed by atoms with Gasteiger partial charge in [-0.15, -0.1) is 11.3 Å². The average molecular weight is 282 g/mol. The minimum absolute atomic E-state index is 0.254. The lowest BCUT2D eigenvalue weighted by Gasteiger charge is -2.38. The van der Waals surface area contributed by atoms with Crippen LogP contribution in [0.25, 0.3) is 0 Å². The van der Waals surface area contributed by atoms with E-state index < -0.39 is 0 Å². The SMILES string of the molecule is CN=C(NCCc1csc(C)n1)NCC1(C)COC1. The van der Waals surface area contributed by atoms with E-state index in [9.17, 15) is 0 Å². The molecule has 2 heterocycles. The van der Waals surface area contributed by atoms with Crippen LogP contribution in [0.3, 0.4) is 0 Å². The van der Waals surface area contributed by atoms with Crippen molar-refractivity contribution in [3.05, 3.63) is 16.1 Å². The Labute approximate surface area is 118 Å². The van der Waals surface area contributed by atoms with Crippen molar-refractivity contribution in [3.63, 3.8) is 0 Å². The van der Waals surface area contributed by atoms with Crippen molar-refractivity contribution >= 4 is 17.3 Å². The molecule has 0 spiro atoms. The lowest BCUT2D eigenvalue weighted by Crippen LogP contribution is -2.51. The maximum absolute atomic E-state index is 5.24. The van der Waals surface area contributed by atoms with Gasteiger partial charge in [-0.3, -0.25) is 4.99 Å². The van der Waals surface area contributed by atoms with Crippen molar-refractivity contribution in [2.75, 3.05) is 33.4 Å². The number of guanidine groups is 1. The Kier molecular flexibility index (Phi) is 4.76. The van der Waals surface area contributed by atoms with Gasteiger partial charge in [-0.1, -0.05) is 6.92 Å². The molecule has 1 aliphatic rings. The predicted molar refractivity (Wildman–Crippen MR) is 78.8 cm³/mol. The van der Waals surface area contributed by atoms with Crippen LogP contribution in [0.2, 0.25) is 0 Å². The summed E-state index contributed by atoms with van der Waals surface area (Å²) < 4.78 is 5.24. The molecule has 106 valence electrons. The van der Waals surface area contributed by atoms with Crippen LogP contribution in [0.1, 0.15) is 17.6 Å². The van der Waals surface area contributed by atoms with Crippen LogP contribution < -0.4 is 10.6 Å². The molecule has 1 saturated heterocycles. The molecule has 1 aliphatic heterocycles. The molecule has 0 radical (unpaired) electrons. The second kappa shape index (κ2) is 6.34. The average Bonchev–Trinajstić information content (AvgIpc) is 2.77. The second-order valence-corrected chi connectivity index (χ2v) is 6.33. The van der Waals surface area contributed by atoms with E-state index in [2.05, 4.69) is 32.9 Å². The molecular weight excluding hydrogens is 260 g/mol. The fourth-order valence-electron chi connectivity index (χ4n) is 1.90. The quantitative estimate of drug-likeness (QED) is 0.629. The summed E-state index contributed by atoms with van der Waals surface area (Å²) in [6, 6.07) is 0. The summed E-state index contributed by atoms with van der Waals surface area (Å²) in [5.41, 5.74) is 1.40. The summed E-state index contributed by atoms with van der Waals surface area (Å²) in [4.78, 5) is 8.66. The highest BCUT2D eigenvalue weighted by Gasteiger charge is 2.33. The Balaban J connectivity index is 1.68. The van der Waals surface area contributed by atoms with E-state index in [0.29, 0.717) is 0 Å². The smallest absolute Gasteiger partial charge is 0.191 e. The van der Waals surface area contributed by atoms with Crippen LogP contribution in [0, 0.1) is 12.3 Å². The van der Waals surface area contributed by atoms with Crippen LogP contribution in [0.15, 0.2) is 10.4 Å². The minimum atomic E-state index is 0.254. The molecule has 0 bridgehead atoms. The third kappa shape index (κ3) is 4.18. The number of rotatable bonds is 5. The van der Waals surface area contributed by atoms with E-state index in [1.165, 1.54) is 0 Å². The highest BCUT2D eigenvalue weighted by Crippen LogP contribution is 2.24. The number of aryl methyl sites for hydroxylation is 1. The zero-order valence-corrected chi connectivity index (χ0v) is 12.6. The molecule has 1 aromatic heterocycles. The predicted octanol–water partition coefficient (Wildman–Crippen LogP) is 1.20. The van der Waals surface area contributed by atoms with Crippen molar-refractivity contribution in [1.29, 1.82) is 0 Å². The Morgan fingerprint density at radius 1 is 1.53 bits per heavy atom. The van der Waals surface area contributed by atoms with Gasteiger partial charge in [0.25, 0.3) is 0 Å². The molecule has 2 rings (SSSR count). The van der Waals surface area contributed by atoms with Crippen molar-refractivity contribution in [2.24, 2.45) is 10.4 Å². The molecule has 0 saturated carbocycles. The van der Waals surface area contributed by atoms with Gasteiger partial charge in [0.15, 0.2) is 5.96 Å². The van der Waals surface area contributed by atoms with Crippen LogP contribution in [0.5, 0.6) is 0 Å². The van der Waals surface area contributed by atoms with E-state index in [4.69, 9.17) is 4.74 Å². The van der Waals surface area contributed by atoms with E-state index in [0.717, 1.165) is 49.4 Å². The molecule has 1 fully saturated rings. The molecule has 5 nitrogen and oxygen atoms in total. The second-order valence-electron chi connectivity index (χ2n) is 5.26. The van der Waals surface area contributed by atoms with Gasteiger partial charge in [-0.2, -0.15) is 0 Å². The van der Waals surface area contributed by atoms with Crippen LogP contribution in [-0.2, 0) is 11.2 Å². The Bertz CT molecular complexity index is 440. The lowest BCUT2D eigenvalue weighted by molar-refractivity contribution is -0.0971. The maximum Gasteiger partial charge on any atom is 0.191 e. The Morgan fingerprint density at radius 2 is 2.32 bits per heavy atom. The summed E-state index contributed by atoms with van der Waals surface area (Å²) in [6.07, 6.45) is 0.922. The number of ether oxygens (including phenoxy) is 1.